The molecule has 0 N–H and O–H groups in total. The number of hydrogen-bond donors (Lipinski definition) is 0. The maximum Gasteiger partial charge on any atom is 0.254 e. The molecule has 2 rings (SSSR count). The maximum absolute atomic E-state index is 11.7. The number of rotatable bonds is 5. The fraction of sp³-hybridized carbons (Fsp3) is 0.417. The van der Waals surface area contributed by atoms with E-state index in [1.807, 2.05) is 6.07 Å². The highest BCUT2D eigenvalue weighted by Gasteiger charge is 2.48. The number of carbonyl (C=O) groups excluding carboxylic acids is 1. The SMILES string of the molecule is C=CCCN1C(=O)[C@@H](OC)[C@@H]1c1ccoc1. The van der Waals surface area contributed by atoms with E-state index in [2.05, 4.69) is 6.58 Å². The van der Waals surface area contributed by atoms with Crippen molar-refractivity contribution in [2.24, 2.45) is 0 Å². The predicted molar refractivity (Wildman–Crippen MR) is 58.8 cm³/mol. The first-order chi connectivity index (χ1) is 7.79. The summed E-state index contributed by atoms with van der Waals surface area (Å²) in [5.41, 5.74) is 0.982. The third kappa shape index (κ3) is 1.65. The van der Waals surface area contributed by atoms with E-state index in [1.54, 1.807) is 30.6 Å². The molecule has 1 aliphatic heterocycles. The van der Waals surface area contributed by atoms with Crippen LogP contribution >= 0.6 is 0 Å². The lowest BCUT2D eigenvalue weighted by atomic mass is 9.92. The first kappa shape index (κ1) is 11.0. The van der Waals surface area contributed by atoms with Crippen LogP contribution in [-0.4, -0.2) is 30.6 Å². The van der Waals surface area contributed by atoms with E-state index in [-0.39, 0.29) is 18.1 Å². The van der Waals surface area contributed by atoms with E-state index in [1.165, 1.54) is 0 Å². The largest absolute Gasteiger partial charge is 0.472 e. The van der Waals surface area contributed by atoms with Gasteiger partial charge >= 0.3 is 0 Å². The number of hydrogen-bond acceptors (Lipinski definition) is 3. The summed E-state index contributed by atoms with van der Waals surface area (Å²) in [6, 6.07) is 1.85. The van der Waals surface area contributed by atoms with Gasteiger partial charge in [0, 0.05) is 19.2 Å². The second-order valence-electron chi connectivity index (χ2n) is 3.77. The van der Waals surface area contributed by atoms with Crippen molar-refractivity contribution >= 4 is 5.91 Å². The van der Waals surface area contributed by atoms with E-state index >= 15 is 0 Å². The van der Waals surface area contributed by atoms with Crippen molar-refractivity contribution in [2.75, 3.05) is 13.7 Å². The van der Waals surface area contributed by atoms with E-state index in [0.29, 0.717) is 6.54 Å². The summed E-state index contributed by atoms with van der Waals surface area (Å²) in [7, 11) is 1.56. The summed E-state index contributed by atoms with van der Waals surface area (Å²) < 4.78 is 10.2. The molecular weight excluding hydrogens is 206 g/mol. The molecule has 0 saturated carbocycles. The number of carbonyl (C=O) groups is 1. The van der Waals surface area contributed by atoms with Gasteiger partial charge in [0.25, 0.3) is 5.91 Å². The van der Waals surface area contributed by atoms with Crippen LogP contribution in [0, 0.1) is 0 Å². The molecule has 1 aromatic heterocycles. The summed E-state index contributed by atoms with van der Waals surface area (Å²) in [5, 5.41) is 0. The summed E-state index contributed by atoms with van der Waals surface area (Å²) in [6.45, 7) is 4.33. The van der Waals surface area contributed by atoms with Crippen LogP contribution in [0.15, 0.2) is 35.7 Å². The van der Waals surface area contributed by atoms with Crippen LogP contribution in [0.1, 0.15) is 18.0 Å². The molecule has 0 aromatic carbocycles. The first-order valence-corrected chi connectivity index (χ1v) is 5.26. The molecule has 0 aliphatic carbocycles. The molecule has 1 fully saturated rings. The standard InChI is InChI=1S/C12H15NO3/c1-3-4-6-13-10(9-5-7-16-8-9)11(15-2)12(13)14/h3,5,7-8,10-11H,1,4,6H2,2H3/t10-,11-/m0/s1. The molecule has 2 heterocycles. The van der Waals surface area contributed by atoms with Gasteiger partial charge in [0.15, 0.2) is 6.10 Å². The Bertz CT molecular complexity index is 372. The van der Waals surface area contributed by atoms with E-state index in [0.717, 1.165) is 12.0 Å². The third-order valence-corrected chi connectivity index (χ3v) is 2.86. The third-order valence-electron chi connectivity index (χ3n) is 2.86. The Balaban J connectivity index is 2.12. The molecule has 0 spiro atoms. The Morgan fingerprint density at radius 2 is 2.50 bits per heavy atom. The van der Waals surface area contributed by atoms with Crippen LogP contribution in [0.5, 0.6) is 0 Å². The number of ether oxygens (including phenoxy) is 1. The smallest absolute Gasteiger partial charge is 0.254 e. The fourth-order valence-corrected chi connectivity index (χ4v) is 2.02. The van der Waals surface area contributed by atoms with Crippen LogP contribution in [0.2, 0.25) is 0 Å². The van der Waals surface area contributed by atoms with E-state index in [9.17, 15) is 4.79 Å². The maximum atomic E-state index is 11.7. The van der Waals surface area contributed by atoms with Crippen LogP contribution < -0.4 is 0 Å². The van der Waals surface area contributed by atoms with Crippen LogP contribution in [0.25, 0.3) is 0 Å². The Morgan fingerprint density at radius 1 is 1.69 bits per heavy atom. The molecule has 4 heteroatoms. The topological polar surface area (TPSA) is 42.7 Å². The molecule has 1 amide bonds. The summed E-state index contributed by atoms with van der Waals surface area (Å²) in [5.74, 6) is 0.0375. The summed E-state index contributed by atoms with van der Waals surface area (Å²) in [4.78, 5) is 13.5. The zero-order valence-corrected chi connectivity index (χ0v) is 9.26. The van der Waals surface area contributed by atoms with E-state index < -0.39 is 0 Å². The Hall–Kier alpha value is -1.55. The minimum atomic E-state index is -0.373. The monoisotopic (exact) mass is 221 g/mol. The Labute approximate surface area is 94.5 Å². The molecule has 0 radical (unpaired) electrons. The number of methoxy groups -OCH3 is 1. The van der Waals surface area contributed by atoms with Crippen molar-refractivity contribution in [1.82, 2.24) is 4.90 Å². The van der Waals surface area contributed by atoms with Gasteiger partial charge in [-0.2, -0.15) is 0 Å². The normalized spacial score (nSPS) is 24.3. The van der Waals surface area contributed by atoms with Crippen molar-refractivity contribution < 1.29 is 13.9 Å². The molecule has 2 atom stereocenters. The van der Waals surface area contributed by atoms with Crippen molar-refractivity contribution in [1.29, 1.82) is 0 Å². The summed E-state index contributed by atoms with van der Waals surface area (Å²) >= 11 is 0. The highest BCUT2D eigenvalue weighted by Crippen LogP contribution is 2.36. The van der Waals surface area contributed by atoms with Gasteiger partial charge in [-0.15, -0.1) is 6.58 Å². The number of nitrogens with zero attached hydrogens (tertiary/aromatic N) is 1. The van der Waals surface area contributed by atoms with Crippen LogP contribution in [0.3, 0.4) is 0 Å². The molecule has 4 nitrogen and oxygen atoms in total. The van der Waals surface area contributed by atoms with Gasteiger partial charge in [-0.25, -0.2) is 0 Å². The van der Waals surface area contributed by atoms with Crippen molar-refractivity contribution in [3.63, 3.8) is 0 Å². The van der Waals surface area contributed by atoms with Gasteiger partial charge in [0.2, 0.25) is 0 Å². The van der Waals surface area contributed by atoms with Gasteiger partial charge < -0.3 is 14.1 Å². The van der Waals surface area contributed by atoms with Gasteiger partial charge in [0.1, 0.15) is 0 Å². The average molecular weight is 221 g/mol. The first-order valence-electron chi connectivity index (χ1n) is 5.26. The van der Waals surface area contributed by atoms with Gasteiger partial charge in [-0.05, 0) is 12.5 Å². The van der Waals surface area contributed by atoms with Gasteiger partial charge in [0.05, 0.1) is 18.6 Å². The second-order valence-corrected chi connectivity index (χ2v) is 3.77. The quantitative estimate of drug-likeness (QED) is 0.562. The number of likely N-dealkylation sites (tertiary alicyclic amines) is 1. The highest BCUT2D eigenvalue weighted by molar-refractivity contribution is 5.88. The fourth-order valence-electron chi connectivity index (χ4n) is 2.02. The van der Waals surface area contributed by atoms with Gasteiger partial charge in [-0.3, -0.25) is 4.79 Å². The molecule has 86 valence electrons. The minimum Gasteiger partial charge on any atom is -0.472 e. The molecule has 16 heavy (non-hydrogen) atoms. The average Bonchev–Trinajstić information content (AvgIpc) is 2.79. The Kier molecular flexibility index (Phi) is 3.10. The predicted octanol–water partition coefficient (Wildman–Crippen LogP) is 1.75. The lowest BCUT2D eigenvalue weighted by Gasteiger charge is -2.45. The Morgan fingerprint density at radius 3 is 3.06 bits per heavy atom. The zero-order chi connectivity index (χ0) is 11.5. The number of β-lactam (4-membered cyclic amide) rings is 1. The molecule has 0 unspecified atom stereocenters. The minimum absolute atomic E-state index is 0.0174. The highest BCUT2D eigenvalue weighted by atomic mass is 16.5. The lowest BCUT2D eigenvalue weighted by molar-refractivity contribution is -0.171. The summed E-state index contributed by atoms with van der Waals surface area (Å²) in [6.07, 6.45) is 5.49. The number of amides is 1. The molecule has 0 bridgehead atoms. The molecule has 1 aromatic rings. The second kappa shape index (κ2) is 4.53. The van der Waals surface area contributed by atoms with Crippen molar-refractivity contribution in [3.05, 3.63) is 36.8 Å². The van der Waals surface area contributed by atoms with Crippen LogP contribution in [0.4, 0.5) is 0 Å². The lowest BCUT2D eigenvalue weighted by Crippen LogP contribution is -2.59. The zero-order valence-electron chi connectivity index (χ0n) is 9.26. The molecule has 1 saturated heterocycles. The van der Waals surface area contributed by atoms with Gasteiger partial charge in [-0.1, -0.05) is 6.08 Å². The van der Waals surface area contributed by atoms with Crippen molar-refractivity contribution in [2.45, 2.75) is 18.6 Å². The molecular formula is C12H15NO3. The number of furan rings is 1. The van der Waals surface area contributed by atoms with Crippen LogP contribution in [-0.2, 0) is 9.53 Å². The van der Waals surface area contributed by atoms with Crippen molar-refractivity contribution in [3.8, 4) is 0 Å². The van der Waals surface area contributed by atoms with E-state index in [4.69, 9.17) is 9.15 Å². The molecule has 1 aliphatic rings.